The lowest BCUT2D eigenvalue weighted by atomic mass is 10.3. The summed E-state index contributed by atoms with van der Waals surface area (Å²) in [5, 5.41) is 13.8. The van der Waals surface area contributed by atoms with Crippen LogP contribution >= 0.6 is 11.6 Å². The minimum atomic E-state index is -1.38. The molecule has 0 aliphatic heterocycles. The second-order valence-corrected chi connectivity index (χ2v) is 5.69. The quantitative estimate of drug-likeness (QED) is 0.426. The van der Waals surface area contributed by atoms with E-state index in [2.05, 4.69) is 15.1 Å². The first-order valence-electron chi connectivity index (χ1n) is 7.30. The topological polar surface area (TPSA) is 93.0 Å². The van der Waals surface area contributed by atoms with Gasteiger partial charge in [-0.2, -0.15) is 5.10 Å². The second-order valence-electron chi connectivity index (χ2n) is 5.26. The van der Waals surface area contributed by atoms with Crippen LogP contribution in [0.2, 0.25) is 5.02 Å². The Kier molecular flexibility index (Phi) is 3.62. The van der Waals surface area contributed by atoms with Crippen molar-refractivity contribution in [3.05, 3.63) is 59.9 Å². The fourth-order valence-electron chi connectivity index (χ4n) is 2.50. The molecule has 2 N–H and O–H groups in total. The summed E-state index contributed by atoms with van der Waals surface area (Å²) < 4.78 is 6.47. The van der Waals surface area contributed by atoms with E-state index in [1.807, 2.05) is 18.3 Å². The number of fused-ring (bicyclic) bond motifs is 1. The molecule has 0 radical (unpaired) electrons. The molecule has 0 saturated carbocycles. The van der Waals surface area contributed by atoms with E-state index in [1.54, 1.807) is 41.2 Å². The minimum absolute atomic E-state index is 0.178. The van der Waals surface area contributed by atoms with Crippen molar-refractivity contribution in [2.24, 2.45) is 0 Å². The highest BCUT2D eigenvalue weighted by atomic mass is 35.5. The van der Waals surface area contributed by atoms with Crippen molar-refractivity contribution < 1.29 is 14.6 Å². The Morgan fingerprint density at radius 3 is 2.76 bits per heavy atom. The number of hydrogen-bond donors (Lipinski definition) is 2. The lowest BCUT2D eigenvalue weighted by Gasteiger charge is -2.00. The predicted molar refractivity (Wildman–Crippen MR) is 92.3 cm³/mol. The highest BCUT2D eigenvalue weighted by Gasteiger charge is 2.13. The number of carboxylic acid groups (broad SMARTS) is 1. The van der Waals surface area contributed by atoms with E-state index in [4.69, 9.17) is 21.4 Å². The van der Waals surface area contributed by atoms with Crippen molar-refractivity contribution in [2.75, 3.05) is 0 Å². The Bertz CT molecular complexity index is 1070. The maximum Gasteiger partial charge on any atom is 0.511 e. The molecule has 0 bridgehead atoms. The van der Waals surface area contributed by atoms with Gasteiger partial charge in [0.2, 0.25) is 0 Å². The van der Waals surface area contributed by atoms with E-state index >= 15 is 0 Å². The molecule has 0 amide bonds. The molecule has 0 unspecified atom stereocenters. The Hall–Kier alpha value is -3.32. The summed E-state index contributed by atoms with van der Waals surface area (Å²) in [4.78, 5) is 18.4. The van der Waals surface area contributed by atoms with Gasteiger partial charge in [0.25, 0.3) is 0 Å². The van der Waals surface area contributed by atoms with Crippen LogP contribution in [0.15, 0.2) is 54.9 Å². The molecule has 7 nitrogen and oxygen atoms in total. The molecular formula is C17H11ClN4O3. The molecule has 25 heavy (non-hydrogen) atoms. The third-order valence-electron chi connectivity index (χ3n) is 3.62. The summed E-state index contributed by atoms with van der Waals surface area (Å²) in [6.07, 6.45) is 2.11. The Morgan fingerprint density at radius 2 is 2.00 bits per heavy atom. The molecule has 2 aromatic heterocycles. The zero-order valence-corrected chi connectivity index (χ0v) is 13.4. The fourth-order valence-corrected chi connectivity index (χ4v) is 2.63. The maximum absolute atomic E-state index is 10.8. The summed E-state index contributed by atoms with van der Waals surface area (Å²) >= 11 is 5.90. The number of benzene rings is 2. The molecule has 4 rings (SSSR count). The molecule has 0 atom stereocenters. The van der Waals surface area contributed by atoms with Crippen molar-refractivity contribution in [3.63, 3.8) is 0 Å². The number of imidazole rings is 1. The number of rotatable bonds is 3. The van der Waals surface area contributed by atoms with Crippen molar-refractivity contribution >= 4 is 28.8 Å². The van der Waals surface area contributed by atoms with Crippen LogP contribution in [-0.2, 0) is 0 Å². The monoisotopic (exact) mass is 354 g/mol. The normalized spacial score (nSPS) is 10.9. The van der Waals surface area contributed by atoms with Crippen LogP contribution in [0.4, 0.5) is 4.79 Å². The van der Waals surface area contributed by atoms with Gasteiger partial charge in [-0.1, -0.05) is 17.7 Å². The van der Waals surface area contributed by atoms with Crippen LogP contribution in [0.3, 0.4) is 0 Å². The first kappa shape index (κ1) is 15.2. The molecule has 0 aliphatic rings. The summed E-state index contributed by atoms with van der Waals surface area (Å²) in [5.74, 6) is 0.745. The number of ether oxygens (including phenoxy) is 1. The third kappa shape index (κ3) is 2.92. The third-order valence-corrected chi connectivity index (χ3v) is 3.87. The van der Waals surface area contributed by atoms with Crippen LogP contribution in [0, 0.1) is 0 Å². The maximum atomic E-state index is 10.8. The van der Waals surface area contributed by atoms with Crippen LogP contribution in [0.5, 0.6) is 5.75 Å². The van der Waals surface area contributed by atoms with Crippen LogP contribution in [0.25, 0.3) is 28.1 Å². The van der Waals surface area contributed by atoms with Gasteiger partial charge in [0.1, 0.15) is 11.3 Å². The van der Waals surface area contributed by atoms with Crippen molar-refractivity contribution in [1.29, 1.82) is 0 Å². The van der Waals surface area contributed by atoms with Gasteiger partial charge in [-0.3, -0.25) is 0 Å². The molecule has 2 aromatic carbocycles. The van der Waals surface area contributed by atoms with Gasteiger partial charge in [-0.15, -0.1) is 0 Å². The van der Waals surface area contributed by atoms with Gasteiger partial charge in [0, 0.05) is 11.2 Å². The molecule has 0 aliphatic carbocycles. The van der Waals surface area contributed by atoms with Crippen molar-refractivity contribution in [2.45, 2.75) is 0 Å². The predicted octanol–water partition coefficient (Wildman–Crippen LogP) is 4.13. The highest BCUT2D eigenvalue weighted by molar-refractivity contribution is 6.30. The minimum Gasteiger partial charge on any atom is -0.449 e. The average Bonchev–Trinajstić information content (AvgIpc) is 3.22. The number of aromatic amines is 1. The Morgan fingerprint density at radius 1 is 1.20 bits per heavy atom. The van der Waals surface area contributed by atoms with Gasteiger partial charge in [-0.05, 0) is 36.4 Å². The van der Waals surface area contributed by atoms with E-state index < -0.39 is 6.16 Å². The van der Waals surface area contributed by atoms with E-state index in [0.29, 0.717) is 21.9 Å². The van der Waals surface area contributed by atoms with E-state index in [0.717, 1.165) is 11.3 Å². The van der Waals surface area contributed by atoms with Crippen LogP contribution in [-0.4, -0.2) is 31.0 Å². The van der Waals surface area contributed by atoms with E-state index in [9.17, 15) is 4.79 Å². The zero-order chi connectivity index (χ0) is 17.4. The standard InChI is InChI=1S/C17H11ClN4O3/c18-11-4-6-12(7-5-11)22-9-10(8-19-22)16-20-13-2-1-3-14(15(13)21-16)25-17(23)24/h1-9H,(H,20,21)(H,23,24). The fraction of sp³-hybridized carbons (Fsp3) is 0. The Balaban J connectivity index is 1.73. The molecular weight excluding hydrogens is 344 g/mol. The molecule has 8 heteroatoms. The molecule has 124 valence electrons. The Labute approximate surface area is 146 Å². The number of para-hydroxylation sites is 1. The first-order valence-corrected chi connectivity index (χ1v) is 7.68. The SMILES string of the molecule is O=C(O)Oc1cccc2[nH]c(-c3cnn(-c4ccc(Cl)cc4)c3)nc12. The molecule has 0 saturated heterocycles. The lowest BCUT2D eigenvalue weighted by Crippen LogP contribution is -2.03. The molecule has 0 fully saturated rings. The first-order chi connectivity index (χ1) is 12.1. The van der Waals surface area contributed by atoms with Crippen molar-refractivity contribution in [1.82, 2.24) is 19.7 Å². The lowest BCUT2D eigenvalue weighted by molar-refractivity contribution is 0.145. The molecule has 2 heterocycles. The van der Waals surface area contributed by atoms with Gasteiger partial charge in [0.05, 0.1) is 23.0 Å². The number of aromatic nitrogens is 4. The number of H-pyrrole nitrogens is 1. The number of nitrogens with zero attached hydrogens (tertiary/aromatic N) is 3. The smallest absolute Gasteiger partial charge is 0.449 e. The van der Waals surface area contributed by atoms with Crippen LogP contribution in [0.1, 0.15) is 0 Å². The van der Waals surface area contributed by atoms with Gasteiger partial charge in [0.15, 0.2) is 5.75 Å². The summed E-state index contributed by atoms with van der Waals surface area (Å²) in [6.45, 7) is 0. The molecule has 0 spiro atoms. The zero-order valence-electron chi connectivity index (χ0n) is 12.7. The second kappa shape index (κ2) is 5.95. The molecule has 4 aromatic rings. The van der Waals surface area contributed by atoms with Crippen LogP contribution < -0.4 is 4.74 Å². The average molecular weight is 355 g/mol. The van der Waals surface area contributed by atoms with Gasteiger partial charge >= 0.3 is 6.16 Å². The summed E-state index contributed by atoms with van der Waals surface area (Å²) in [5.41, 5.74) is 2.74. The largest absolute Gasteiger partial charge is 0.511 e. The van der Waals surface area contributed by atoms with E-state index in [1.165, 1.54) is 0 Å². The number of carbonyl (C=O) groups is 1. The number of nitrogens with one attached hydrogen (secondary N) is 1. The van der Waals surface area contributed by atoms with Gasteiger partial charge < -0.3 is 14.8 Å². The van der Waals surface area contributed by atoms with Gasteiger partial charge in [-0.25, -0.2) is 14.5 Å². The summed E-state index contributed by atoms with van der Waals surface area (Å²) in [6, 6.07) is 12.3. The highest BCUT2D eigenvalue weighted by Crippen LogP contribution is 2.27. The number of halogens is 1. The van der Waals surface area contributed by atoms with E-state index in [-0.39, 0.29) is 5.75 Å². The van der Waals surface area contributed by atoms with Crippen molar-refractivity contribution in [3.8, 4) is 22.8 Å². The summed E-state index contributed by atoms with van der Waals surface area (Å²) in [7, 11) is 0. The number of hydrogen-bond acceptors (Lipinski definition) is 4.